The van der Waals surface area contributed by atoms with E-state index in [1.54, 1.807) is 0 Å². The Labute approximate surface area is 581 Å². The summed E-state index contributed by atoms with van der Waals surface area (Å²) in [6.07, 6.45) is 58.7. The van der Waals surface area contributed by atoms with Gasteiger partial charge in [-0.25, -0.2) is 9.13 Å². The molecule has 0 aromatic rings. The van der Waals surface area contributed by atoms with Crippen LogP contribution >= 0.6 is 15.6 Å². The number of ether oxygens (including phenoxy) is 4. The summed E-state index contributed by atoms with van der Waals surface area (Å²) in [5.41, 5.74) is 0. The van der Waals surface area contributed by atoms with E-state index in [0.29, 0.717) is 31.6 Å². The molecule has 564 valence electrons. The minimum Gasteiger partial charge on any atom is -0.462 e. The fraction of sp³-hybridized carbons (Fsp3) is 0.947. The van der Waals surface area contributed by atoms with Gasteiger partial charge in [0.25, 0.3) is 0 Å². The molecule has 0 aromatic heterocycles. The first-order valence-corrected chi connectivity index (χ1v) is 42.6. The topological polar surface area (TPSA) is 237 Å². The first-order valence-electron chi connectivity index (χ1n) is 39.6. The monoisotopic (exact) mass is 1400 g/mol. The van der Waals surface area contributed by atoms with Gasteiger partial charge in [-0.3, -0.25) is 37.3 Å². The number of unbranched alkanes of at least 4 members (excludes halogenated alkanes) is 48. The lowest BCUT2D eigenvalue weighted by atomic mass is 10.0. The van der Waals surface area contributed by atoms with Gasteiger partial charge in [0.05, 0.1) is 26.4 Å². The second-order valence-corrected chi connectivity index (χ2v) is 30.8. The van der Waals surface area contributed by atoms with Gasteiger partial charge in [-0.05, 0) is 31.6 Å². The van der Waals surface area contributed by atoms with Crippen LogP contribution in [0.4, 0.5) is 0 Å². The number of phosphoric acid groups is 2. The molecule has 2 unspecified atom stereocenters. The Bertz CT molecular complexity index is 1820. The number of aliphatic hydroxyl groups is 1. The SMILES string of the molecule is CCCCCCCCCCCCCCCCCCCCCC(=O)OC[C@H](COP(=O)(O)OC[C@@H](O)COP(=O)(O)OC[C@@H](COC(=O)CCCCCCCCCC)OC(=O)CCCCCCCCC(C)C)OC(=O)CCCCCCCCCCCCCCCCCCCCC. The van der Waals surface area contributed by atoms with E-state index < -0.39 is 97.5 Å². The van der Waals surface area contributed by atoms with Crippen molar-refractivity contribution >= 4 is 39.5 Å². The molecule has 0 bridgehead atoms. The predicted octanol–water partition coefficient (Wildman–Crippen LogP) is 22.5. The largest absolute Gasteiger partial charge is 0.472 e. The molecule has 0 aliphatic carbocycles. The molecule has 0 saturated heterocycles. The normalized spacial score (nSPS) is 13.9. The van der Waals surface area contributed by atoms with E-state index in [-0.39, 0.29) is 25.7 Å². The fourth-order valence-corrected chi connectivity index (χ4v) is 13.3. The first kappa shape index (κ1) is 93.1. The average Bonchev–Trinajstić information content (AvgIpc) is 2.50. The van der Waals surface area contributed by atoms with Crippen LogP contribution in [0.25, 0.3) is 0 Å². The maximum atomic E-state index is 13.1. The Hall–Kier alpha value is -1.94. The van der Waals surface area contributed by atoms with Gasteiger partial charge in [0.1, 0.15) is 19.3 Å². The van der Waals surface area contributed by atoms with Gasteiger partial charge in [-0.15, -0.1) is 0 Å². The van der Waals surface area contributed by atoms with Gasteiger partial charge >= 0.3 is 39.5 Å². The molecule has 19 heteroatoms. The first-order chi connectivity index (χ1) is 46.0. The molecule has 0 aliphatic heterocycles. The molecule has 95 heavy (non-hydrogen) atoms. The van der Waals surface area contributed by atoms with Crippen molar-refractivity contribution in [2.24, 2.45) is 5.92 Å². The van der Waals surface area contributed by atoms with E-state index in [9.17, 15) is 43.2 Å². The molecular weight excluding hydrogens is 1250 g/mol. The Morgan fingerprint density at radius 1 is 0.284 bits per heavy atom. The summed E-state index contributed by atoms with van der Waals surface area (Å²) in [7, 11) is -9.90. The Morgan fingerprint density at radius 3 is 0.716 bits per heavy atom. The van der Waals surface area contributed by atoms with E-state index in [1.165, 1.54) is 218 Å². The predicted molar refractivity (Wildman–Crippen MR) is 386 cm³/mol. The third-order valence-electron chi connectivity index (χ3n) is 17.8. The lowest BCUT2D eigenvalue weighted by Gasteiger charge is -2.21. The van der Waals surface area contributed by atoms with E-state index in [2.05, 4.69) is 34.6 Å². The lowest BCUT2D eigenvalue weighted by molar-refractivity contribution is -0.161. The highest BCUT2D eigenvalue weighted by atomic mass is 31.2. The van der Waals surface area contributed by atoms with Crippen molar-refractivity contribution in [3.05, 3.63) is 0 Å². The minimum atomic E-state index is -4.96. The molecular formula is C76H148O17P2. The van der Waals surface area contributed by atoms with Crippen molar-refractivity contribution in [3.63, 3.8) is 0 Å². The molecule has 17 nitrogen and oxygen atoms in total. The summed E-state index contributed by atoms with van der Waals surface area (Å²) in [5, 5.41) is 10.6. The van der Waals surface area contributed by atoms with Crippen LogP contribution in [0.2, 0.25) is 0 Å². The molecule has 0 radical (unpaired) electrons. The van der Waals surface area contributed by atoms with Crippen molar-refractivity contribution in [2.75, 3.05) is 39.6 Å². The number of esters is 4. The second kappa shape index (κ2) is 69.2. The summed E-state index contributed by atoms with van der Waals surface area (Å²) in [6.45, 7) is 7.17. The molecule has 0 saturated carbocycles. The summed E-state index contributed by atoms with van der Waals surface area (Å²) in [5.74, 6) is -1.45. The van der Waals surface area contributed by atoms with Gasteiger partial charge in [0.15, 0.2) is 12.2 Å². The molecule has 0 fully saturated rings. The minimum absolute atomic E-state index is 0.102. The molecule has 0 aromatic carbocycles. The summed E-state index contributed by atoms with van der Waals surface area (Å²) in [4.78, 5) is 72.6. The van der Waals surface area contributed by atoms with Crippen LogP contribution in [0.5, 0.6) is 0 Å². The highest BCUT2D eigenvalue weighted by molar-refractivity contribution is 7.47. The number of carbonyl (C=O) groups excluding carboxylic acids is 4. The van der Waals surface area contributed by atoms with Crippen LogP contribution < -0.4 is 0 Å². The average molecular weight is 1400 g/mol. The van der Waals surface area contributed by atoms with Crippen LogP contribution in [0.1, 0.15) is 401 Å². The highest BCUT2D eigenvalue weighted by Crippen LogP contribution is 2.45. The molecule has 0 rings (SSSR count). The van der Waals surface area contributed by atoms with Crippen molar-refractivity contribution < 1.29 is 80.2 Å². The van der Waals surface area contributed by atoms with Crippen molar-refractivity contribution in [1.82, 2.24) is 0 Å². The van der Waals surface area contributed by atoms with Gasteiger partial charge in [-0.2, -0.15) is 0 Å². The summed E-state index contributed by atoms with van der Waals surface area (Å²) >= 11 is 0. The van der Waals surface area contributed by atoms with Gasteiger partial charge in [0, 0.05) is 25.7 Å². The zero-order chi connectivity index (χ0) is 69.8. The number of phosphoric ester groups is 2. The van der Waals surface area contributed by atoms with Gasteiger partial charge in [0.2, 0.25) is 0 Å². The zero-order valence-electron chi connectivity index (χ0n) is 61.8. The van der Waals surface area contributed by atoms with Crippen LogP contribution in [-0.2, 0) is 65.4 Å². The lowest BCUT2D eigenvalue weighted by Crippen LogP contribution is -2.30. The highest BCUT2D eigenvalue weighted by Gasteiger charge is 2.30. The van der Waals surface area contributed by atoms with Crippen LogP contribution in [-0.4, -0.2) is 96.7 Å². The maximum absolute atomic E-state index is 13.1. The van der Waals surface area contributed by atoms with Gasteiger partial charge in [-0.1, -0.05) is 349 Å². The van der Waals surface area contributed by atoms with Crippen molar-refractivity contribution in [1.29, 1.82) is 0 Å². The van der Waals surface area contributed by atoms with Gasteiger partial charge < -0.3 is 33.8 Å². The summed E-state index contributed by atoms with van der Waals surface area (Å²) < 4.78 is 68.4. The third kappa shape index (κ3) is 70.3. The van der Waals surface area contributed by atoms with E-state index >= 15 is 0 Å². The van der Waals surface area contributed by atoms with Crippen LogP contribution in [0, 0.1) is 5.92 Å². The zero-order valence-corrected chi connectivity index (χ0v) is 63.6. The Balaban J connectivity index is 5.16. The number of rotatable bonds is 76. The number of hydrogen-bond acceptors (Lipinski definition) is 15. The smallest absolute Gasteiger partial charge is 0.462 e. The Kier molecular flexibility index (Phi) is 67.7. The third-order valence-corrected chi connectivity index (χ3v) is 19.7. The Morgan fingerprint density at radius 2 is 0.484 bits per heavy atom. The number of aliphatic hydroxyl groups excluding tert-OH is 1. The molecule has 5 atom stereocenters. The maximum Gasteiger partial charge on any atom is 0.472 e. The summed E-state index contributed by atoms with van der Waals surface area (Å²) in [6, 6.07) is 0. The van der Waals surface area contributed by atoms with Crippen molar-refractivity contribution in [2.45, 2.75) is 419 Å². The van der Waals surface area contributed by atoms with E-state index in [1.807, 2.05) is 0 Å². The number of hydrogen-bond donors (Lipinski definition) is 3. The van der Waals surface area contributed by atoms with Crippen LogP contribution in [0.3, 0.4) is 0 Å². The quantitative estimate of drug-likeness (QED) is 0.0222. The van der Waals surface area contributed by atoms with E-state index in [4.69, 9.17) is 37.0 Å². The fourth-order valence-electron chi connectivity index (χ4n) is 11.7. The van der Waals surface area contributed by atoms with Crippen molar-refractivity contribution in [3.8, 4) is 0 Å². The second-order valence-electron chi connectivity index (χ2n) is 27.9. The van der Waals surface area contributed by atoms with E-state index in [0.717, 1.165) is 96.3 Å². The molecule has 0 aliphatic rings. The molecule has 0 amide bonds. The standard InChI is InChI=1S/C76H148O17P2/c1-6-9-12-15-18-21-23-25-27-29-31-33-35-37-39-41-44-50-55-60-74(79)87-65-71(92-75(80)61-56-51-45-42-40-38-36-34-32-30-28-26-24-22-19-16-13-10-7-2)67-90-94(82,83)88-63-70(77)64-89-95(84,85)91-68-72(66-86-73(78)59-54-49-43-20-17-14-11-8-3)93-76(81)62-57-52-47-46-48-53-58-69(4)5/h69-72,77H,6-68H2,1-5H3,(H,82,83)(H,84,85)/t70-,71-,72-/m1/s1. The molecule has 0 spiro atoms. The molecule has 3 N–H and O–H groups in total. The number of carbonyl (C=O) groups is 4. The molecule has 0 heterocycles. The van der Waals surface area contributed by atoms with Crippen LogP contribution in [0.15, 0.2) is 0 Å².